The Balaban J connectivity index is 1.31. The van der Waals surface area contributed by atoms with Gasteiger partial charge in [-0.2, -0.15) is 23.1 Å². The van der Waals surface area contributed by atoms with Gasteiger partial charge >= 0.3 is 24.0 Å². The van der Waals surface area contributed by atoms with E-state index in [1.165, 1.54) is 12.3 Å². The number of aromatic nitrogens is 3. The van der Waals surface area contributed by atoms with E-state index in [2.05, 4.69) is 53.7 Å². The van der Waals surface area contributed by atoms with Crippen LogP contribution in [-0.2, 0) is 16.1 Å². The molecule has 0 spiro atoms. The number of alkyl halides is 3. The van der Waals surface area contributed by atoms with E-state index < -0.39 is 53.6 Å². The molecule has 2 aromatic carbocycles. The lowest BCUT2D eigenvalue weighted by molar-refractivity contribution is -0.154. The van der Waals surface area contributed by atoms with Gasteiger partial charge in [-0.3, -0.25) is 14.4 Å². The van der Waals surface area contributed by atoms with E-state index in [0.717, 1.165) is 17.7 Å². The quantitative estimate of drug-likeness (QED) is 0.0924. The summed E-state index contributed by atoms with van der Waals surface area (Å²) < 4.78 is 69.7. The summed E-state index contributed by atoms with van der Waals surface area (Å²) in [6, 6.07) is 15.3. The summed E-state index contributed by atoms with van der Waals surface area (Å²) in [4.78, 5) is 49.1. The van der Waals surface area contributed by atoms with Crippen molar-refractivity contribution in [3.8, 4) is 6.01 Å². The van der Waals surface area contributed by atoms with Crippen LogP contribution in [0.1, 0.15) is 29.8 Å². The lowest BCUT2D eigenvalue weighted by Crippen LogP contribution is -2.45. The van der Waals surface area contributed by atoms with E-state index in [1.807, 2.05) is 0 Å². The number of ether oxygens (including phenoxy) is 1. The zero-order valence-corrected chi connectivity index (χ0v) is 27.0. The molecule has 4 aromatic rings. The molecule has 2 heterocycles. The fourth-order valence-electron chi connectivity index (χ4n) is 3.90. The first-order valence-electron chi connectivity index (χ1n) is 14.5. The van der Waals surface area contributed by atoms with Crippen LogP contribution >= 0.6 is 11.6 Å². The van der Waals surface area contributed by atoms with Gasteiger partial charge in [0.25, 0.3) is 5.91 Å². The van der Waals surface area contributed by atoms with E-state index in [4.69, 9.17) is 16.3 Å². The van der Waals surface area contributed by atoms with Crippen LogP contribution in [0.2, 0.25) is 5.02 Å². The average Bonchev–Trinajstić information content (AvgIpc) is 3.04. The topological polar surface area (TPSA) is 159 Å². The predicted octanol–water partition coefficient (Wildman–Crippen LogP) is 5.21. The Morgan fingerprint density at radius 2 is 1.54 bits per heavy atom. The molecule has 0 radical (unpaired) electrons. The molecular formula is C32H28ClF5N8O4. The summed E-state index contributed by atoms with van der Waals surface area (Å²) >= 11 is 5.90. The maximum absolute atomic E-state index is 13.3. The minimum Gasteiger partial charge on any atom is -0.454 e. The third kappa shape index (κ3) is 12.0. The number of hydrogen-bond acceptors (Lipinski definition) is 9. The molecule has 18 heteroatoms. The molecular weight excluding hydrogens is 691 g/mol. The maximum atomic E-state index is 13.3. The molecule has 5 N–H and O–H groups in total. The number of amides is 3. The summed E-state index contributed by atoms with van der Waals surface area (Å²) in [6.45, 7) is 2.00. The Labute approximate surface area is 287 Å². The molecule has 4 rings (SSSR count). The first-order valence-corrected chi connectivity index (χ1v) is 14.9. The lowest BCUT2D eigenvalue weighted by Gasteiger charge is -2.25. The van der Waals surface area contributed by atoms with E-state index >= 15 is 0 Å². The monoisotopic (exact) mass is 718 g/mol. The summed E-state index contributed by atoms with van der Waals surface area (Å²) in [5.74, 6) is -4.49. The number of carbonyl (C=O) groups excluding carboxylic acids is 3. The molecule has 0 unspecified atom stereocenters. The third-order valence-corrected chi connectivity index (χ3v) is 6.62. The number of nitrogens with zero attached hydrogens (tertiary/aromatic N) is 3. The molecule has 3 amide bonds. The fraction of sp³-hybridized carbons (Fsp3) is 0.250. The number of hydrogen-bond donors (Lipinski definition) is 5. The molecule has 2 aromatic heterocycles. The zero-order valence-electron chi connectivity index (χ0n) is 26.3. The second-order valence-electron chi connectivity index (χ2n) is 11.3. The Morgan fingerprint density at radius 1 is 0.880 bits per heavy atom. The molecule has 0 aliphatic rings. The lowest BCUT2D eigenvalue weighted by atomic mass is 9.93. The van der Waals surface area contributed by atoms with Gasteiger partial charge in [0.15, 0.2) is 12.4 Å². The Bertz CT molecular complexity index is 1810. The molecule has 12 nitrogen and oxygen atoms in total. The van der Waals surface area contributed by atoms with Crippen molar-refractivity contribution in [2.24, 2.45) is 5.41 Å². The zero-order chi connectivity index (χ0) is 36.5. The second kappa shape index (κ2) is 16.1. The number of nitrogens with one attached hydrogen (secondary N) is 5. The first-order chi connectivity index (χ1) is 23.5. The summed E-state index contributed by atoms with van der Waals surface area (Å²) in [5.41, 5.74) is -0.191. The third-order valence-electron chi connectivity index (χ3n) is 6.37. The predicted molar refractivity (Wildman–Crippen MR) is 172 cm³/mol. The van der Waals surface area contributed by atoms with Crippen LogP contribution < -0.4 is 31.3 Å². The molecule has 262 valence electrons. The summed E-state index contributed by atoms with van der Waals surface area (Å²) in [7, 11) is 0. The van der Waals surface area contributed by atoms with Crippen molar-refractivity contribution in [3.63, 3.8) is 0 Å². The molecule has 0 atom stereocenters. The van der Waals surface area contributed by atoms with Gasteiger partial charge in [-0.1, -0.05) is 43.6 Å². The van der Waals surface area contributed by atoms with Gasteiger partial charge in [-0.25, -0.2) is 13.8 Å². The van der Waals surface area contributed by atoms with Gasteiger partial charge in [0.1, 0.15) is 28.8 Å². The largest absolute Gasteiger partial charge is 0.454 e. The van der Waals surface area contributed by atoms with Crippen molar-refractivity contribution in [2.45, 2.75) is 26.6 Å². The SMILES string of the molecule is CC(C)(CNC(=O)C(=O)Nc1cc(F)cc(F)c1)CNC(=O)c1c#cc(Nc2cc(NCc3ccc(Cl)cc3)nc(OCC(F)(F)F)n2)nc1. The normalized spacial score (nSPS) is 11.2. The van der Waals surface area contributed by atoms with Crippen LogP contribution in [0.15, 0.2) is 54.7 Å². The van der Waals surface area contributed by atoms with Crippen molar-refractivity contribution >= 4 is 52.5 Å². The van der Waals surface area contributed by atoms with Crippen LogP contribution in [0.4, 0.5) is 45.1 Å². The standard InChI is InChI=1S/C32H28ClF5N8O4/c1-31(2,16-42-28(48)29(49)43-23-10-21(34)9-22(35)11-23)15-41-27(47)19-5-8-24(40-14-19)44-26-12-25(39-13-18-3-6-20(33)7-4-18)45-30(46-26)50-17-32(36,37)38/h3-4,6-7,9-12,14H,13,15-17H2,1-2H3,(H,41,47)(H,42,48)(H,43,49)(H2,39,40,44,45,46). The number of rotatable bonds is 13. The van der Waals surface area contributed by atoms with Crippen molar-refractivity contribution in [1.29, 1.82) is 0 Å². The van der Waals surface area contributed by atoms with Crippen LogP contribution in [0.5, 0.6) is 6.01 Å². The second-order valence-corrected chi connectivity index (χ2v) is 11.8. The summed E-state index contributed by atoms with van der Waals surface area (Å²) in [5, 5.41) is 13.4. The number of anilines is 4. The van der Waals surface area contributed by atoms with E-state index in [9.17, 15) is 36.3 Å². The smallest absolute Gasteiger partial charge is 0.422 e. The molecule has 0 aliphatic carbocycles. The fourth-order valence-corrected chi connectivity index (χ4v) is 4.02. The highest BCUT2D eigenvalue weighted by Crippen LogP contribution is 2.22. The number of benzene rings is 2. The van der Waals surface area contributed by atoms with E-state index in [0.29, 0.717) is 11.1 Å². The Morgan fingerprint density at radius 3 is 2.18 bits per heavy atom. The van der Waals surface area contributed by atoms with E-state index in [1.54, 1.807) is 38.1 Å². The molecule has 0 fully saturated rings. The highest BCUT2D eigenvalue weighted by Gasteiger charge is 2.29. The molecule has 0 aliphatic heterocycles. The van der Waals surface area contributed by atoms with Crippen LogP contribution in [0.3, 0.4) is 0 Å². The van der Waals surface area contributed by atoms with Gasteiger partial charge < -0.3 is 31.3 Å². The minimum absolute atomic E-state index is 0.00528. The maximum Gasteiger partial charge on any atom is 0.422 e. The molecule has 50 heavy (non-hydrogen) atoms. The van der Waals surface area contributed by atoms with Crippen LogP contribution in [0.25, 0.3) is 0 Å². The van der Waals surface area contributed by atoms with Crippen molar-refractivity contribution in [2.75, 3.05) is 35.6 Å². The first kappa shape index (κ1) is 37.1. The number of halogens is 6. The van der Waals surface area contributed by atoms with Crippen molar-refractivity contribution < 1.29 is 41.1 Å². The highest BCUT2D eigenvalue weighted by atomic mass is 35.5. The average molecular weight is 719 g/mol. The molecule has 0 bridgehead atoms. The Kier molecular flexibility index (Phi) is 11.9. The van der Waals surface area contributed by atoms with Crippen LogP contribution in [0, 0.1) is 29.2 Å². The molecule has 0 saturated heterocycles. The van der Waals surface area contributed by atoms with Gasteiger partial charge in [-0.05, 0) is 41.3 Å². The van der Waals surface area contributed by atoms with Gasteiger partial charge in [0, 0.05) is 42.5 Å². The molecule has 0 saturated carbocycles. The van der Waals surface area contributed by atoms with Crippen molar-refractivity contribution in [3.05, 3.63) is 94.6 Å². The van der Waals surface area contributed by atoms with Crippen molar-refractivity contribution in [1.82, 2.24) is 25.6 Å². The van der Waals surface area contributed by atoms with E-state index in [-0.39, 0.29) is 48.3 Å². The Hall–Kier alpha value is -5.76. The highest BCUT2D eigenvalue weighted by molar-refractivity contribution is 6.39. The summed E-state index contributed by atoms with van der Waals surface area (Å²) in [6.07, 6.45) is -3.46. The van der Waals surface area contributed by atoms with Gasteiger partial charge in [-0.15, -0.1) is 0 Å². The van der Waals surface area contributed by atoms with Gasteiger partial charge in [0.05, 0.1) is 6.20 Å². The van der Waals surface area contributed by atoms with Gasteiger partial charge in [0.2, 0.25) is 0 Å². The number of carbonyl (C=O) groups is 3. The van der Waals surface area contributed by atoms with Crippen LogP contribution in [-0.4, -0.2) is 58.5 Å². The minimum atomic E-state index is -4.63.